The molecule has 120 valence electrons. The van der Waals surface area contributed by atoms with Crippen LogP contribution in [0.5, 0.6) is 0 Å². The molecule has 2 N–H and O–H groups in total. The molecule has 0 saturated carbocycles. The summed E-state index contributed by atoms with van der Waals surface area (Å²) in [4.78, 5) is 27.0. The minimum Gasteiger partial charge on any atom is -0.465 e. The summed E-state index contributed by atoms with van der Waals surface area (Å²) >= 11 is 0. The van der Waals surface area contributed by atoms with Gasteiger partial charge in [0.05, 0.1) is 18.4 Å². The van der Waals surface area contributed by atoms with Crippen LogP contribution < -0.4 is 5.32 Å². The number of aromatic amines is 1. The van der Waals surface area contributed by atoms with E-state index in [0.29, 0.717) is 11.3 Å². The van der Waals surface area contributed by atoms with Crippen LogP contribution in [0.25, 0.3) is 17.0 Å². The number of esters is 1. The highest BCUT2D eigenvalue weighted by Gasteiger charge is 2.12. The number of benzene rings is 2. The minimum absolute atomic E-state index is 0.314. The van der Waals surface area contributed by atoms with Crippen LogP contribution in [0.3, 0.4) is 0 Å². The molecule has 0 aliphatic carbocycles. The molecule has 3 aromatic rings. The number of para-hydroxylation sites is 2. The molecule has 0 atom stereocenters. The average Bonchev–Trinajstić information content (AvgIpc) is 3.03. The molecule has 0 unspecified atom stereocenters. The summed E-state index contributed by atoms with van der Waals surface area (Å²) < 4.78 is 4.71. The van der Waals surface area contributed by atoms with Crippen molar-refractivity contribution in [3.63, 3.8) is 0 Å². The molecule has 1 heterocycles. The number of hydrogen-bond acceptors (Lipinski definition) is 3. The summed E-state index contributed by atoms with van der Waals surface area (Å²) in [6, 6.07) is 14.6. The largest absolute Gasteiger partial charge is 0.465 e. The monoisotopic (exact) mass is 320 g/mol. The van der Waals surface area contributed by atoms with Gasteiger partial charge in [-0.05, 0) is 29.8 Å². The second-order valence-electron chi connectivity index (χ2n) is 5.15. The first-order chi connectivity index (χ1) is 11.7. The Hall–Kier alpha value is -3.34. The number of aromatic nitrogens is 1. The number of rotatable bonds is 4. The van der Waals surface area contributed by atoms with Crippen LogP contribution in [0.4, 0.5) is 5.69 Å². The van der Waals surface area contributed by atoms with E-state index in [1.165, 1.54) is 13.2 Å². The van der Waals surface area contributed by atoms with Crippen molar-refractivity contribution in [1.29, 1.82) is 0 Å². The molecule has 5 nitrogen and oxygen atoms in total. The van der Waals surface area contributed by atoms with Gasteiger partial charge in [-0.15, -0.1) is 0 Å². The smallest absolute Gasteiger partial charge is 0.339 e. The van der Waals surface area contributed by atoms with E-state index >= 15 is 0 Å². The van der Waals surface area contributed by atoms with Crippen molar-refractivity contribution in [2.45, 2.75) is 0 Å². The Morgan fingerprint density at radius 3 is 2.67 bits per heavy atom. The molecule has 0 bridgehead atoms. The molecule has 2 aromatic carbocycles. The summed E-state index contributed by atoms with van der Waals surface area (Å²) in [5, 5.41) is 3.74. The second kappa shape index (κ2) is 6.83. The van der Waals surface area contributed by atoms with E-state index in [1.54, 1.807) is 30.3 Å². The predicted octanol–water partition coefficient (Wildman–Crippen LogP) is 3.61. The van der Waals surface area contributed by atoms with Crippen LogP contribution in [-0.2, 0) is 9.53 Å². The van der Waals surface area contributed by atoms with Crippen molar-refractivity contribution in [2.75, 3.05) is 12.4 Å². The standard InChI is InChI=1S/C19H16N2O3/c1-24-19(23)15-7-3-5-9-17(15)21-18(22)11-10-13-12-20-16-8-4-2-6-14(13)16/h2-12,20H,1H3,(H,21,22). The maximum atomic E-state index is 12.1. The minimum atomic E-state index is -0.494. The normalized spacial score (nSPS) is 10.9. The molecule has 0 saturated heterocycles. The lowest BCUT2D eigenvalue weighted by Crippen LogP contribution is -2.12. The van der Waals surface area contributed by atoms with Crippen molar-refractivity contribution >= 4 is 34.5 Å². The molecule has 0 aliphatic rings. The Balaban J connectivity index is 1.78. The lowest BCUT2D eigenvalue weighted by molar-refractivity contribution is -0.111. The van der Waals surface area contributed by atoms with Crippen molar-refractivity contribution in [2.24, 2.45) is 0 Å². The van der Waals surface area contributed by atoms with E-state index in [4.69, 9.17) is 4.74 Å². The maximum absolute atomic E-state index is 12.1. The van der Waals surface area contributed by atoms with Gasteiger partial charge < -0.3 is 15.0 Å². The summed E-state index contributed by atoms with van der Waals surface area (Å²) in [5.74, 6) is -0.817. The van der Waals surface area contributed by atoms with E-state index in [1.807, 2.05) is 30.5 Å². The summed E-state index contributed by atoms with van der Waals surface area (Å²) in [7, 11) is 1.30. The van der Waals surface area contributed by atoms with Gasteiger partial charge in [0.25, 0.3) is 0 Å². The van der Waals surface area contributed by atoms with E-state index in [-0.39, 0.29) is 5.91 Å². The Labute approximate surface area is 139 Å². The summed E-state index contributed by atoms with van der Waals surface area (Å²) in [5.41, 5.74) is 2.65. The quantitative estimate of drug-likeness (QED) is 0.570. The highest BCUT2D eigenvalue weighted by atomic mass is 16.5. The molecular formula is C19H16N2O3. The number of carbonyl (C=O) groups excluding carboxylic acids is 2. The average molecular weight is 320 g/mol. The molecular weight excluding hydrogens is 304 g/mol. The van der Waals surface area contributed by atoms with Crippen molar-refractivity contribution in [3.05, 3.63) is 71.9 Å². The van der Waals surface area contributed by atoms with Gasteiger partial charge in [0.2, 0.25) is 5.91 Å². The number of hydrogen-bond donors (Lipinski definition) is 2. The van der Waals surface area contributed by atoms with Crippen LogP contribution >= 0.6 is 0 Å². The zero-order chi connectivity index (χ0) is 16.9. The topological polar surface area (TPSA) is 71.2 Å². The van der Waals surface area contributed by atoms with Crippen molar-refractivity contribution < 1.29 is 14.3 Å². The third kappa shape index (κ3) is 3.20. The van der Waals surface area contributed by atoms with Crippen LogP contribution in [0.2, 0.25) is 0 Å². The number of fused-ring (bicyclic) bond motifs is 1. The van der Waals surface area contributed by atoms with Gasteiger partial charge in [-0.1, -0.05) is 30.3 Å². The molecule has 1 amide bonds. The van der Waals surface area contributed by atoms with Gasteiger partial charge in [-0.2, -0.15) is 0 Å². The molecule has 0 fully saturated rings. The van der Waals surface area contributed by atoms with Gasteiger partial charge in [0.15, 0.2) is 0 Å². The number of anilines is 1. The Bertz CT molecular complexity index is 925. The third-order valence-corrected chi connectivity index (χ3v) is 3.63. The first kappa shape index (κ1) is 15.6. The van der Waals surface area contributed by atoms with E-state index < -0.39 is 5.97 Å². The predicted molar refractivity (Wildman–Crippen MR) is 93.7 cm³/mol. The van der Waals surface area contributed by atoms with E-state index in [9.17, 15) is 9.59 Å². The van der Waals surface area contributed by atoms with Crippen LogP contribution in [-0.4, -0.2) is 24.0 Å². The molecule has 1 aromatic heterocycles. The Morgan fingerprint density at radius 1 is 1.08 bits per heavy atom. The number of methoxy groups -OCH3 is 1. The first-order valence-corrected chi connectivity index (χ1v) is 7.41. The number of ether oxygens (including phenoxy) is 1. The number of amides is 1. The number of carbonyl (C=O) groups is 2. The van der Waals surface area contributed by atoms with E-state index in [2.05, 4.69) is 10.3 Å². The molecule has 0 aliphatic heterocycles. The van der Waals surface area contributed by atoms with Crippen LogP contribution in [0.1, 0.15) is 15.9 Å². The van der Waals surface area contributed by atoms with Gasteiger partial charge in [0.1, 0.15) is 0 Å². The fraction of sp³-hybridized carbons (Fsp3) is 0.0526. The number of nitrogens with one attached hydrogen (secondary N) is 2. The second-order valence-corrected chi connectivity index (χ2v) is 5.15. The molecule has 24 heavy (non-hydrogen) atoms. The summed E-state index contributed by atoms with van der Waals surface area (Å²) in [6.45, 7) is 0. The fourth-order valence-electron chi connectivity index (χ4n) is 2.45. The summed E-state index contributed by atoms with van der Waals surface area (Å²) in [6.07, 6.45) is 5.01. The van der Waals surface area contributed by atoms with Crippen LogP contribution in [0.15, 0.2) is 60.8 Å². The number of H-pyrrole nitrogens is 1. The third-order valence-electron chi connectivity index (χ3n) is 3.63. The molecule has 3 rings (SSSR count). The first-order valence-electron chi connectivity index (χ1n) is 7.41. The lowest BCUT2D eigenvalue weighted by Gasteiger charge is -2.07. The highest BCUT2D eigenvalue weighted by Crippen LogP contribution is 2.19. The fourth-order valence-corrected chi connectivity index (χ4v) is 2.45. The highest BCUT2D eigenvalue weighted by molar-refractivity contribution is 6.07. The molecule has 0 radical (unpaired) electrons. The SMILES string of the molecule is COC(=O)c1ccccc1NC(=O)C=Cc1c[nH]c2ccccc12. The van der Waals surface area contributed by atoms with Gasteiger partial charge >= 0.3 is 5.97 Å². The van der Waals surface area contributed by atoms with Crippen LogP contribution in [0, 0.1) is 0 Å². The zero-order valence-corrected chi connectivity index (χ0v) is 13.1. The van der Waals surface area contributed by atoms with Gasteiger partial charge in [0, 0.05) is 23.2 Å². The van der Waals surface area contributed by atoms with Gasteiger partial charge in [-0.3, -0.25) is 4.79 Å². The van der Waals surface area contributed by atoms with Gasteiger partial charge in [-0.25, -0.2) is 4.79 Å². The lowest BCUT2D eigenvalue weighted by atomic mass is 10.1. The molecule has 0 spiro atoms. The van der Waals surface area contributed by atoms with Crippen molar-refractivity contribution in [1.82, 2.24) is 4.98 Å². The van der Waals surface area contributed by atoms with E-state index in [0.717, 1.165) is 16.5 Å². The maximum Gasteiger partial charge on any atom is 0.339 e. The molecule has 5 heteroatoms. The van der Waals surface area contributed by atoms with Crippen molar-refractivity contribution in [3.8, 4) is 0 Å². The Morgan fingerprint density at radius 2 is 1.83 bits per heavy atom. The zero-order valence-electron chi connectivity index (χ0n) is 13.1. The Kier molecular flexibility index (Phi) is 4.43.